The van der Waals surface area contributed by atoms with E-state index in [9.17, 15) is 13.2 Å². The number of carbonyl (C=O) groups excluding carboxylic acids is 1. The standard InChI is InChI=1S/C19H24N4O3S/c1-2-27(25,26)22-16-8-6-7-15(13-16)19(24)21-17-9-10-18(20-14-17)23-11-4-3-5-12-23/h6-10,13-14,22H,2-5,11-12H2,1H3,(H,21,24). The van der Waals surface area contributed by atoms with E-state index >= 15 is 0 Å². The Morgan fingerprint density at radius 1 is 1.11 bits per heavy atom. The Morgan fingerprint density at radius 3 is 2.56 bits per heavy atom. The van der Waals surface area contributed by atoms with E-state index in [1.165, 1.54) is 25.3 Å². The molecule has 0 radical (unpaired) electrons. The van der Waals surface area contributed by atoms with Crippen molar-refractivity contribution in [2.24, 2.45) is 0 Å². The summed E-state index contributed by atoms with van der Waals surface area (Å²) in [5.41, 5.74) is 1.33. The summed E-state index contributed by atoms with van der Waals surface area (Å²) >= 11 is 0. The van der Waals surface area contributed by atoms with Crippen LogP contribution < -0.4 is 14.9 Å². The summed E-state index contributed by atoms with van der Waals surface area (Å²) in [4.78, 5) is 19.2. The minimum Gasteiger partial charge on any atom is -0.357 e. The van der Waals surface area contributed by atoms with Crippen LogP contribution in [0.1, 0.15) is 36.5 Å². The molecule has 0 aliphatic carbocycles. The Morgan fingerprint density at radius 2 is 1.89 bits per heavy atom. The number of hydrogen-bond donors (Lipinski definition) is 2. The second-order valence-electron chi connectivity index (χ2n) is 6.49. The molecule has 1 aromatic carbocycles. The molecular weight excluding hydrogens is 364 g/mol. The van der Waals surface area contributed by atoms with Crippen LogP contribution in [-0.4, -0.2) is 38.2 Å². The first-order valence-electron chi connectivity index (χ1n) is 9.10. The van der Waals surface area contributed by atoms with Gasteiger partial charge in [0.15, 0.2) is 0 Å². The number of amides is 1. The molecule has 1 aromatic heterocycles. The van der Waals surface area contributed by atoms with Gasteiger partial charge in [-0.3, -0.25) is 9.52 Å². The maximum Gasteiger partial charge on any atom is 0.255 e. The van der Waals surface area contributed by atoms with Gasteiger partial charge >= 0.3 is 0 Å². The highest BCUT2D eigenvalue weighted by Crippen LogP contribution is 2.20. The Kier molecular flexibility index (Phi) is 5.95. The molecule has 144 valence electrons. The molecule has 0 unspecified atom stereocenters. The summed E-state index contributed by atoms with van der Waals surface area (Å²) in [6, 6.07) is 10.1. The number of piperidine rings is 1. The lowest BCUT2D eigenvalue weighted by Crippen LogP contribution is -2.30. The molecule has 27 heavy (non-hydrogen) atoms. The van der Waals surface area contributed by atoms with Gasteiger partial charge in [-0.1, -0.05) is 6.07 Å². The van der Waals surface area contributed by atoms with Gasteiger partial charge in [0.05, 0.1) is 17.6 Å². The third-order valence-electron chi connectivity index (χ3n) is 4.46. The number of benzene rings is 1. The van der Waals surface area contributed by atoms with E-state index < -0.39 is 10.0 Å². The van der Waals surface area contributed by atoms with Gasteiger partial charge in [0.2, 0.25) is 10.0 Å². The van der Waals surface area contributed by atoms with E-state index in [0.717, 1.165) is 18.9 Å². The van der Waals surface area contributed by atoms with Gasteiger partial charge in [-0.2, -0.15) is 0 Å². The van der Waals surface area contributed by atoms with Gasteiger partial charge in [0.25, 0.3) is 5.91 Å². The molecule has 2 N–H and O–H groups in total. The van der Waals surface area contributed by atoms with Crippen molar-refractivity contribution >= 4 is 33.1 Å². The molecule has 0 saturated carbocycles. The number of sulfonamides is 1. The number of nitrogens with zero attached hydrogens (tertiary/aromatic N) is 2. The van der Waals surface area contributed by atoms with E-state index in [4.69, 9.17) is 0 Å². The molecule has 3 rings (SSSR count). The summed E-state index contributed by atoms with van der Waals surface area (Å²) in [6.45, 7) is 3.58. The predicted octanol–water partition coefficient (Wildman–Crippen LogP) is 3.09. The normalized spacial score (nSPS) is 14.6. The van der Waals surface area contributed by atoms with E-state index in [-0.39, 0.29) is 11.7 Å². The van der Waals surface area contributed by atoms with Crippen molar-refractivity contribution in [1.82, 2.24) is 4.98 Å². The second kappa shape index (κ2) is 8.39. The van der Waals surface area contributed by atoms with Crippen molar-refractivity contribution in [2.75, 3.05) is 33.8 Å². The third kappa shape index (κ3) is 5.19. The van der Waals surface area contributed by atoms with Crippen LogP contribution in [0.25, 0.3) is 0 Å². The lowest BCUT2D eigenvalue weighted by atomic mass is 10.1. The Bertz CT molecular complexity index is 891. The minimum absolute atomic E-state index is 0.0293. The van der Waals surface area contributed by atoms with E-state index in [0.29, 0.717) is 16.9 Å². The average Bonchev–Trinajstić information content (AvgIpc) is 2.69. The maximum absolute atomic E-state index is 12.5. The summed E-state index contributed by atoms with van der Waals surface area (Å²) in [7, 11) is -3.39. The van der Waals surface area contributed by atoms with E-state index in [2.05, 4.69) is 19.9 Å². The van der Waals surface area contributed by atoms with E-state index in [1.807, 2.05) is 12.1 Å². The van der Waals surface area contributed by atoms with Crippen LogP contribution in [0.2, 0.25) is 0 Å². The lowest BCUT2D eigenvalue weighted by molar-refractivity contribution is 0.102. The largest absolute Gasteiger partial charge is 0.357 e. The minimum atomic E-state index is -3.39. The number of anilines is 3. The average molecular weight is 388 g/mol. The van der Waals surface area contributed by atoms with Crippen molar-refractivity contribution in [3.63, 3.8) is 0 Å². The number of nitrogens with one attached hydrogen (secondary N) is 2. The number of carbonyl (C=O) groups is 1. The molecule has 7 nitrogen and oxygen atoms in total. The number of aromatic nitrogens is 1. The van der Waals surface area contributed by atoms with Gasteiger partial charge in [0.1, 0.15) is 5.82 Å². The first-order chi connectivity index (χ1) is 13.0. The second-order valence-corrected chi connectivity index (χ2v) is 8.50. The highest BCUT2D eigenvalue weighted by atomic mass is 32.2. The molecule has 0 bridgehead atoms. The predicted molar refractivity (Wildman–Crippen MR) is 108 cm³/mol. The molecule has 1 saturated heterocycles. The van der Waals surface area contributed by atoms with Gasteiger partial charge in [-0.25, -0.2) is 13.4 Å². The Labute approximate surface area is 159 Å². The van der Waals surface area contributed by atoms with Crippen LogP contribution in [0.5, 0.6) is 0 Å². The fraction of sp³-hybridized carbons (Fsp3) is 0.368. The monoisotopic (exact) mass is 388 g/mol. The van der Waals surface area contributed by atoms with Crippen molar-refractivity contribution < 1.29 is 13.2 Å². The fourth-order valence-corrected chi connectivity index (χ4v) is 3.58. The highest BCUT2D eigenvalue weighted by molar-refractivity contribution is 7.92. The molecule has 1 aliphatic rings. The quantitative estimate of drug-likeness (QED) is 0.793. The highest BCUT2D eigenvalue weighted by Gasteiger charge is 2.13. The van der Waals surface area contributed by atoms with Crippen molar-refractivity contribution in [2.45, 2.75) is 26.2 Å². The van der Waals surface area contributed by atoms with Crippen molar-refractivity contribution in [3.8, 4) is 0 Å². The van der Waals surface area contributed by atoms with Crippen molar-refractivity contribution in [1.29, 1.82) is 0 Å². The Balaban J connectivity index is 1.66. The lowest BCUT2D eigenvalue weighted by Gasteiger charge is -2.27. The van der Waals surface area contributed by atoms with Crippen LogP contribution >= 0.6 is 0 Å². The molecule has 8 heteroatoms. The van der Waals surface area contributed by atoms with Crippen LogP contribution in [0.4, 0.5) is 17.2 Å². The number of hydrogen-bond acceptors (Lipinski definition) is 5. The molecule has 1 fully saturated rings. The fourth-order valence-electron chi connectivity index (χ4n) is 2.95. The summed E-state index contributed by atoms with van der Waals surface area (Å²) in [5.74, 6) is 0.571. The summed E-state index contributed by atoms with van der Waals surface area (Å²) in [6.07, 6.45) is 5.26. The van der Waals surface area contributed by atoms with Crippen LogP contribution in [0, 0.1) is 0 Å². The maximum atomic E-state index is 12.5. The zero-order chi connectivity index (χ0) is 19.3. The topological polar surface area (TPSA) is 91.4 Å². The van der Waals surface area contributed by atoms with Crippen LogP contribution in [-0.2, 0) is 10.0 Å². The van der Waals surface area contributed by atoms with Crippen molar-refractivity contribution in [3.05, 3.63) is 48.2 Å². The number of pyridine rings is 1. The van der Waals surface area contributed by atoms with E-state index in [1.54, 1.807) is 31.3 Å². The first kappa shape index (κ1) is 19.2. The molecule has 1 amide bonds. The SMILES string of the molecule is CCS(=O)(=O)Nc1cccc(C(=O)Nc2ccc(N3CCCCC3)nc2)c1. The van der Waals surface area contributed by atoms with Gasteiger partial charge < -0.3 is 10.2 Å². The van der Waals surface area contributed by atoms with Gasteiger partial charge in [0, 0.05) is 24.3 Å². The van der Waals surface area contributed by atoms with Crippen LogP contribution in [0.15, 0.2) is 42.6 Å². The summed E-state index contributed by atoms with van der Waals surface area (Å²) < 4.78 is 25.8. The molecular formula is C19H24N4O3S. The molecule has 1 aliphatic heterocycles. The van der Waals surface area contributed by atoms with Gasteiger partial charge in [-0.15, -0.1) is 0 Å². The zero-order valence-electron chi connectivity index (χ0n) is 15.3. The zero-order valence-corrected chi connectivity index (χ0v) is 16.1. The molecule has 2 aromatic rings. The first-order valence-corrected chi connectivity index (χ1v) is 10.7. The molecule has 0 spiro atoms. The third-order valence-corrected chi connectivity index (χ3v) is 5.77. The van der Waals surface area contributed by atoms with Gasteiger partial charge in [-0.05, 0) is 56.5 Å². The molecule has 2 heterocycles. The number of rotatable bonds is 6. The Hall–Kier alpha value is -2.61. The van der Waals surface area contributed by atoms with Crippen LogP contribution in [0.3, 0.4) is 0 Å². The molecule has 0 atom stereocenters. The summed E-state index contributed by atoms with van der Waals surface area (Å²) in [5, 5.41) is 2.80. The smallest absolute Gasteiger partial charge is 0.255 e.